The zero-order chi connectivity index (χ0) is 49.2. The molecule has 0 amide bonds. The second-order valence-corrected chi connectivity index (χ2v) is 19.0. The van der Waals surface area contributed by atoms with Crippen molar-refractivity contribution in [2.75, 3.05) is 13.2 Å². The maximum atomic E-state index is 12.3. The number of esters is 2. The predicted molar refractivity (Wildman–Crippen MR) is 297 cm³/mol. The Morgan fingerprint density at radius 2 is 0.632 bits per heavy atom. The number of hydrogen-bond donors (Lipinski definition) is 1. The molecule has 1 N–H and O–H groups in total. The van der Waals surface area contributed by atoms with Crippen LogP contribution in [0.4, 0.5) is 0 Å². The Kier molecular flexibility index (Phi) is 55.4. The molecular weight excluding hydrogens is 837 g/mol. The number of carbonyl (C=O) groups is 2. The van der Waals surface area contributed by atoms with Crippen LogP contribution in [0.2, 0.25) is 0 Å². The van der Waals surface area contributed by atoms with Crippen LogP contribution in [-0.4, -0.2) is 36.4 Å². The number of allylic oxidation sites excluding steroid dienone is 16. The molecule has 0 radical (unpaired) electrons. The highest BCUT2D eigenvalue weighted by Crippen LogP contribution is 2.16. The minimum Gasteiger partial charge on any atom is -0.462 e. The van der Waals surface area contributed by atoms with Gasteiger partial charge in [-0.05, 0) is 96.3 Å². The number of carbonyl (C=O) groups excluding carboxylic acids is 2. The van der Waals surface area contributed by atoms with Gasteiger partial charge in [-0.25, -0.2) is 0 Å². The molecule has 0 saturated heterocycles. The van der Waals surface area contributed by atoms with E-state index in [0.717, 1.165) is 89.9 Å². The van der Waals surface area contributed by atoms with Crippen molar-refractivity contribution in [1.82, 2.24) is 0 Å². The van der Waals surface area contributed by atoms with E-state index in [4.69, 9.17) is 9.47 Å². The zero-order valence-electron chi connectivity index (χ0n) is 44.6. The highest BCUT2D eigenvalue weighted by molar-refractivity contribution is 5.70. The molecule has 0 aliphatic heterocycles. The van der Waals surface area contributed by atoms with Crippen LogP contribution in [0.25, 0.3) is 0 Å². The van der Waals surface area contributed by atoms with Gasteiger partial charge in [-0.3, -0.25) is 9.59 Å². The van der Waals surface area contributed by atoms with Gasteiger partial charge in [0.05, 0.1) is 6.61 Å². The molecule has 0 fully saturated rings. The Bertz CT molecular complexity index is 1300. The quantitative estimate of drug-likeness (QED) is 0.0374. The zero-order valence-corrected chi connectivity index (χ0v) is 44.6. The summed E-state index contributed by atoms with van der Waals surface area (Å²) >= 11 is 0. The van der Waals surface area contributed by atoms with Crippen molar-refractivity contribution >= 4 is 11.9 Å². The van der Waals surface area contributed by atoms with Crippen molar-refractivity contribution in [3.63, 3.8) is 0 Å². The van der Waals surface area contributed by atoms with Gasteiger partial charge in [0, 0.05) is 12.8 Å². The van der Waals surface area contributed by atoms with Crippen molar-refractivity contribution in [3.8, 4) is 0 Å². The molecule has 0 aromatic rings. The molecule has 390 valence electrons. The third kappa shape index (κ3) is 55.4. The van der Waals surface area contributed by atoms with Crippen molar-refractivity contribution in [2.45, 2.75) is 277 Å². The second kappa shape index (κ2) is 58.1. The van der Waals surface area contributed by atoms with Crippen molar-refractivity contribution in [1.29, 1.82) is 0 Å². The van der Waals surface area contributed by atoms with Crippen LogP contribution >= 0.6 is 0 Å². The Morgan fingerprint density at radius 1 is 0.353 bits per heavy atom. The lowest BCUT2D eigenvalue weighted by molar-refractivity contribution is -0.161. The van der Waals surface area contributed by atoms with E-state index in [0.29, 0.717) is 12.8 Å². The summed E-state index contributed by atoms with van der Waals surface area (Å²) < 4.78 is 10.7. The monoisotopic (exact) mass is 945 g/mol. The number of hydrogen-bond acceptors (Lipinski definition) is 5. The molecule has 1 unspecified atom stereocenters. The third-order valence-electron chi connectivity index (χ3n) is 12.4. The molecule has 0 spiro atoms. The van der Waals surface area contributed by atoms with E-state index in [9.17, 15) is 14.7 Å². The molecule has 0 aliphatic carbocycles. The van der Waals surface area contributed by atoms with Crippen molar-refractivity contribution in [2.24, 2.45) is 0 Å². The van der Waals surface area contributed by atoms with Crippen LogP contribution in [0.1, 0.15) is 271 Å². The number of aliphatic hydroxyl groups excluding tert-OH is 1. The van der Waals surface area contributed by atoms with Gasteiger partial charge in [-0.2, -0.15) is 0 Å². The van der Waals surface area contributed by atoms with Crippen LogP contribution in [0, 0.1) is 0 Å². The first-order valence-corrected chi connectivity index (χ1v) is 28.8. The molecule has 0 saturated carbocycles. The van der Waals surface area contributed by atoms with E-state index in [1.54, 1.807) is 0 Å². The van der Waals surface area contributed by atoms with Gasteiger partial charge in [0.2, 0.25) is 0 Å². The van der Waals surface area contributed by atoms with E-state index < -0.39 is 6.10 Å². The third-order valence-corrected chi connectivity index (χ3v) is 12.4. The molecule has 5 heteroatoms. The first-order valence-electron chi connectivity index (χ1n) is 28.8. The van der Waals surface area contributed by atoms with Crippen molar-refractivity contribution in [3.05, 3.63) is 97.2 Å². The van der Waals surface area contributed by atoms with E-state index in [1.807, 2.05) is 0 Å². The lowest BCUT2D eigenvalue weighted by Crippen LogP contribution is -2.28. The number of unbranched alkanes of at least 4 members (excludes halogenated alkanes) is 28. The summed E-state index contributed by atoms with van der Waals surface area (Å²) in [5.41, 5.74) is 0. The number of rotatable bonds is 52. The molecule has 1 atom stereocenters. The van der Waals surface area contributed by atoms with Gasteiger partial charge in [0.1, 0.15) is 6.61 Å². The summed E-state index contributed by atoms with van der Waals surface area (Å²) in [5.74, 6) is -0.626. The average molecular weight is 946 g/mol. The maximum Gasteiger partial charge on any atom is 0.306 e. The summed E-state index contributed by atoms with van der Waals surface area (Å²) in [7, 11) is 0. The normalized spacial score (nSPS) is 12.9. The summed E-state index contributed by atoms with van der Waals surface area (Å²) in [6.45, 7) is 4.02. The van der Waals surface area contributed by atoms with Crippen LogP contribution in [0.3, 0.4) is 0 Å². The Labute approximate surface area is 421 Å². The topological polar surface area (TPSA) is 72.8 Å². The smallest absolute Gasteiger partial charge is 0.306 e. The van der Waals surface area contributed by atoms with E-state index in [1.165, 1.54) is 154 Å². The molecular formula is C63H108O5. The number of ether oxygens (including phenoxy) is 2. The Hall–Kier alpha value is -3.18. The average Bonchev–Trinajstić information content (AvgIpc) is 3.34. The SMILES string of the molecule is CC/C=C\C/C=C\C/C=C\C/C=C\C/C=C\C/C=C\C/C=C\CCCCCC(=O)OC(CO)COC(=O)CCCCCCCCCCCCCCCCCCC/C=C\CCCCCCCCCC. The summed E-state index contributed by atoms with van der Waals surface area (Å²) in [5, 5.41) is 9.65. The first kappa shape index (κ1) is 64.8. The van der Waals surface area contributed by atoms with Crippen LogP contribution in [0.5, 0.6) is 0 Å². The molecule has 0 bridgehead atoms. The first-order chi connectivity index (χ1) is 33.6. The summed E-state index contributed by atoms with van der Waals surface area (Å²) in [4.78, 5) is 24.5. The van der Waals surface area contributed by atoms with Crippen molar-refractivity contribution < 1.29 is 24.2 Å². The standard InChI is InChI=1S/C63H108O5/c1-3-5-7-9-11-13-15-17-19-21-23-25-27-29-30-31-32-34-35-37-39-41-43-45-47-49-51-53-55-57-62(65)67-60-61(59-64)68-63(66)58-56-54-52-50-48-46-44-42-40-38-36-33-28-26-24-22-20-18-16-14-12-10-8-6-4-2/h6,8,12,14,18,20-21,23-24,26,33,36,40,42,46,48,61,64H,3-5,7,9-11,13,15-17,19,22,25,27-32,34-35,37-39,41,43-45,47,49-60H2,1-2H3/b8-6-,14-12-,20-18-,23-21-,26-24-,36-33-,42-40-,48-46-. The van der Waals surface area contributed by atoms with Gasteiger partial charge < -0.3 is 14.6 Å². The van der Waals surface area contributed by atoms with E-state index in [2.05, 4.69) is 111 Å². The molecule has 0 rings (SSSR count). The molecule has 0 aromatic heterocycles. The second-order valence-electron chi connectivity index (χ2n) is 19.0. The Balaban J connectivity index is 3.54. The van der Waals surface area contributed by atoms with Gasteiger partial charge in [0.25, 0.3) is 0 Å². The molecule has 0 aromatic carbocycles. The van der Waals surface area contributed by atoms with Gasteiger partial charge in [-0.1, -0.05) is 259 Å². The highest BCUT2D eigenvalue weighted by Gasteiger charge is 2.16. The molecule has 0 heterocycles. The van der Waals surface area contributed by atoms with E-state index >= 15 is 0 Å². The molecule has 0 aliphatic rings. The number of aliphatic hydroxyl groups is 1. The summed E-state index contributed by atoms with van der Waals surface area (Å²) in [6, 6.07) is 0. The fourth-order valence-corrected chi connectivity index (χ4v) is 8.06. The molecule has 5 nitrogen and oxygen atoms in total. The van der Waals surface area contributed by atoms with Crippen LogP contribution in [-0.2, 0) is 19.1 Å². The van der Waals surface area contributed by atoms with Crippen LogP contribution < -0.4 is 0 Å². The lowest BCUT2D eigenvalue weighted by Gasteiger charge is -2.15. The summed E-state index contributed by atoms with van der Waals surface area (Å²) in [6.07, 6.45) is 82.4. The van der Waals surface area contributed by atoms with Gasteiger partial charge in [-0.15, -0.1) is 0 Å². The highest BCUT2D eigenvalue weighted by atomic mass is 16.6. The van der Waals surface area contributed by atoms with Gasteiger partial charge in [0.15, 0.2) is 6.10 Å². The minimum atomic E-state index is -0.796. The maximum absolute atomic E-state index is 12.3. The lowest BCUT2D eigenvalue weighted by atomic mass is 10.0. The fourth-order valence-electron chi connectivity index (χ4n) is 8.06. The predicted octanol–water partition coefficient (Wildman–Crippen LogP) is 19.5. The van der Waals surface area contributed by atoms with E-state index in [-0.39, 0.29) is 25.2 Å². The minimum absolute atomic E-state index is 0.0830. The fraction of sp³-hybridized carbons (Fsp3) is 0.714. The molecule has 68 heavy (non-hydrogen) atoms. The Morgan fingerprint density at radius 3 is 0.985 bits per heavy atom. The largest absolute Gasteiger partial charge is 0.462 e. The van der Waals surface area contributed by atoms with Crippen LogP contribution in [0.15, 0.2) is 97.2 Å². The van der Waals surface area contributed by atoms with Gasteiger partial charge >= 0.3 is 11.9 Å².